The van der Waals surface area contributed by atoms with Crippen molar-refractivity contribution in [1.29, 1.82) is 0 Å². The fraction of sp³-hybridized carbons (Fsp3) is 0.370. The van der Waals surface area contributed by atoms with Gasteiger partial charge >= 0.3 is 18.1 Å². The van der Waals surface area contributed by atoms with Crippen LogP contribution in [0.4, 0.5) is 9.59 Å². The quantitative estimate of drug-likeness (QED) is 0.593. The highest BCUT2D eigenvalue weighted by molar-refractivity contribution is 5.92. The summed E-state index contributed by atoms with van der Waals surface area (Å²) in [4.78, 5) is 39.8. The first-order valence-electron chi connectivity index (χ1n) is 11.7. The maximum atomic E-state index is 13.1. The van der Waals surface area contributed by atoms with Gasteiger partial charge in [-0.3, -0.25) is 0 Å². The van der Waals surface area contributed by atoms with E-state index in [2.05, 4.69) is 10.6 Å². The lowest BCUT2D eigenvalue weighted by Crippen LogP contribution is -2.46. The van der Waals surface area contributed by atoms with Crippen LogP contribution in [0, 0.1) is 0 Å². The van der Waals surface area contributed by atoms with Gasteiger partial charge in [0.1, 0.15) is 5.60 Å². The summed E-state index contributed by atoms with van der Waals surface area (Å²) in [5.74, 6) is -0.571. The molecule has 2 aromatic carbocycles. The Morgan fingerprint density at radius 1 is 0.971 bits per heavy atom. The molecule has 35 heavy (non-hydrogen) atoms. The Labute approximate surface area is 206 Å². The maximum Gasteiger partial charge on any atom is 0.410 e. The van der Waals surface area contributed by atoms with Crippen molar-refractivity contribution in [2.24, 2.45) is 0 Å². The lowest BCUT2D eigenvalue weighted by atomic mass is 9.99. The molecule has 1 aliphatic heterocycles. The normalized spacial score (nSPS) is 13.9. The SMILES string of the molecule is CCOC(=O)C1=C(NC(=O)NC(c2ccccc2)c2ccccc2)CCN(C(=O)OC(C)(C)C)C1. The van der Waals surface area contributed by atoms with Gasteiger partial charge in [-0.2, -0.15) is 0 Å². The van der Waals surface area contributed by atoms with E-state index in [4.69, 9.17) is 9.47 Å². The highest BCUT2D eigenvalue weighted by Crippen LogP contribution is 2.23. The number of carbonyl (C=O) groups is 3. The van der Waals surface area contributed by atoms with E-state index in [9.17, 15) is 14.4 Å². The maximum absolute atomic E-state index is 13.1. The van der Waals surface area contributed by atoms with Gasteiger partial charge in [0.2, 0.25) is 0 Å². The van der Waals surface area contributed by atoms with Gasteiger partial charge in [-0.05, 0) is 38.8 Å². The van der Waals surface area contributed by atoms with Crippen LogP contribution < -0.4 is 10.6 Å². The van der Waals surface area contributed by atoms with Crippen LogP contribution in [0.5, 0.6) is 0 Å². The predicted molar refractivity (Wildman–Crippen MR) is 132 cm³/mol. The van der Waals surface area contributed by atoms with E-state index in [-0.39, 0.29) is 31.2 Å². The monoisotopic (exact) mass is 479 g/mol. The van der Waals surface area contributed by atoms with Gasteiger partial charge in [-0.1, -0.05) is 60.7 Å². The van der Waals surface area contributed by atoms with E-state index in [1.165, 1.54) is 4.90 Å². The van der Waals surface area contributed by atoms with Crippen molar-refractivity contribution in [1.82, 2.24) is 15.5 Å². The van der Waals surface area contributed by atoms with Crippen LogP contribution >= 0.6 is 0 Å². The molecule has 2 N–H and O–H groups in total. The summed E-state index contributed by atoms with van der Waals surface area (Å²) in [5.41, 5.74) is 1.85. The molecule has 0 bridgehead atoms. The molecule has 1 heterocycles. The van der Waals surface area contributed by atoms with Crippen molar-refractivity contribution in [3.8, 4) is 0 Å². The number of carbonyl (C=O) groups excluding carboxylic acids is 3. The van der Waals surface area contributed by atoms with E-state index in [0.717, 1.165) is 11.1 Å². The van der Waals surface area contributed by atoms with Gasteiger partial charge in [0, 0.05) is 18.7 Å². The molecule has 0 aromatic heterocycles. The number of nitrogens with zero attached hydrogens (tertiary/aromatic N) is 1. The third kappa shape index (κ3) is 7.34. The number of amides is 3. The zero-order chi connectivity index (χ0) is 25.4. The zero-order valence-electron chi connectivity index (χ0n) is 20.7. The number of esters is 1. The molecule has 0 saturated carbocycles. The number of hydrogen-bond acceptors (Lipinski definition) is 5. The molecule has 1 aliphatic rings. The Morgan fingerprint density at radius 2 is 1.54 bits per heavy atom. The molecule has 0 unspecified atom stereocenters. The van der Waals surface area contributed by atoms with E-state index >= 15 is 0 Å². The molecule has 3 amide bonds. The molecule has 0 fully saturated rings. The van der Waals surface area contributed by atoms with Gasteiger partial charge in [0.05, 0.1) is 24.8 Å². The van der Waals surface area contributed by atoms with Crippen LogP contribution in [0.2, 0.25) is 0 Å². The summed E-state index contributed by atoms with van der Waals surface area (Å²) in [6.45, 7) is 7.52. The molecular formula is C27H33N3O5. The number of rotatable bonds is 6. The van der Waals surface area contributed by atoms with Crippen molar-refractivity contribution in [3.05, 3.63) is 83.1 Å². The smallest absolute Gasteiger partial charge is 0.410 e. The average molecular weight is 480 g/mol. The number of hydrogen-bond donors (Lipinski definition) is 2. The summed E-state index contributed by atoms with van der Waals surface area (Å²) in [7, 11) is 0. The molecule has 2 aromatic rings. The minimum absolute atomic E-state index is 0.00976. The number of nitrogens with one attached hydrogen (secondary N) is 2. The van der Waals surface area contributed by atoms with E-state index in [0.29, 0.717) is 12.2 Å². The van der Waals surface area contributed by atoms with Crippen molar-refractivity contribution in [3.63, 3.8) is 0 Å². The van der Waals surface area contributed by atoms with Gasteiger partial charge in [-0.15, -0.1) is 0 Å². The molecule has 8 heteroatoms. The predicted octanol–water partition coefficient (Wildman–Crippen LogP) is 4.53. The molecule has 0 saturated heterocycles. The molecular weight excluding hydrogens is 446 g/mol. The number of urea groups is 1. The lowest BCUT2D eigenvalue weighted by molar-refractivity contribution is -0.139. The van der Waals surface area contributed by atoms with Crippen LogP contribution in [-0.4, -0.2) is 48.3 Å². The Balaban J connectivity index is 1.80. The fourth-order valence-corrected chi connectivity index (χ4v) is 3.74. The molecule has 0 radical (unpaired) electrons. The second-order valence-corrected chi connectivity index (χ2v) is 9.18. The van der Waals surface area contributed by atoms with E-state index in [1.807, 2.05) is 60.7 Å². The highest BCUT2D eigenvalue weighted by Gasteiger charge is 2.31. The molecule has 8 nitrogen and oxygen atoms in total. The molecule has 0 aliphatic carbocycles. The Hall–Kier alpha value is -3.81. The lowest BCUT2D eigenvalue weighted by Gasteiger charge is -2.32. The largest absolute Gasteiger partial charge is 0.463 e. The fourth-order valence-electron chi connectivity index (χ4n) is 3.74. The highest BCUT2D eigenvalue weighted by atomic mass is 16.6. The van der Waals surface area contributed by atoms with Crippen LogP contribution in [0.1, 0.15) is 51.3 Å². The minimum Gasteiger partial charge on any atom is -0.463 e. The van der Waals surface area contributed by atoms with Gasteiger partial charge in [0.15, 0.2) is 0 Å². The average Bonchev–Trinajstić information content (AvgIpc) is 2.83. The van der Waals surface area contributed by atoms with Crippen molar-refractivity contribution < 1.29 is 23.9 Å². The standard InChI is InChI=1S/C27H33N3O5/c1-5-34-24(31)21-18-30(26(33)35-27(2,3)4)17-16-22(21)28-25(32)29-23(19-12-8-6-9-13-19)20-14-10-7-11-15-20/h6-15,23H,5,16-18H2,1-4H3,(H2,28,29,32). The van der Waals surface area contributed by atoms with Gasteiger partial charge < -0.3 is 25.0 Å². The molecule has 0 atom stereocenters. The molecule has 186 valence electrons. The second kappa shape index (κ2) is 11.6. The molecule has 3 rings (SSSR count). The topological polar surface area (TPSA) is 97.0 Å². The third-order valence-corrected chi connectivity index (χ3v) is 5.32. The van der Waals surface area contributed by atoms with Crippen molar-refractivity contribution in [2.75, 3.05) is 19.7 Å². The summed E-state index contributed by atoms with van der Waals surface area (Å²) in [6.07, 6.45) is -0.238. The van der Waals surface area contributed by atoms with Crippen LogP contribution in [0.25, 0.3) is 0 Å². The van der Waals surface area contributed by atoms with Crippen LogP contribution in [0.15, 0.2) is 71.9 Å². The number of benzene rings is 2. The van der Waals surface area contributed by atoms with E-state index in [1.54, 1.807) is 27.7 Å². The zero-order valence-corrected chi connectivity index (χ0v) is 20.7. The first-order valence-corrected chi connectivity index (χ1v) is 11.7. The summed E-state index contributed by atoms with van der Waals surface area (Å²) < 4.78 is 10.6. The van der Waals surface area contributed by atoms with Crippen molar-refractivity contribution in [2.45, 2.75) is 45.8 Å². The minimum atomic E-state index is -0.660. The number of ether oxygens (including phenoxy) is 2. The van der Waals surface area contributed by atoms with Crippen molar-refractivity contribution >= 4 is 18.1 Å². The first kappa shape index (κ1) is 25.8. The Morgan fingerprint density at radius 3 is 2.06 bits per heavy atom. The van der Waals surface area contributed by atoms with Gasteiger partial charge in [0.25, 0.3) is 0 Å². The Kier molecular flexibility index (Phi) is 8.52. The second-order valence-electron chi connectivity index (χ2n) is 9.18. The summed E-state index contributed by atoms with van der Waals surface area (Å²) in [6, 6.07) is 18.4. The Bertz CT molecular complexity index is 1020. The van der Waals surface area contributed by atoms with Gasteiger partial charge in [-0.25, -0.2) is 14.4 Å². The summed E-state index contributed by atoms with van der Waals surface area (Å²) >= 11 is 0. The van der Waals surface area contributed by atoms with Crippen LogP contribution in [-0.2, 0) is 14.3 Å². The summed E-state index contributed by atoms with van der Waals surface area (Å²) in [5, 5.41) is 5.85. The van der Waals surface area contributed by atoms with Crippen LogP contribution in [0.3, 0.4) is 0 Å². The molecule has 0 spiro atoms. The van der Waals surface area contributed by atoms with E-state index < -0.39 is 23.7 Å². The third-order valence-electron chi connectivity index (χ3n) is 5.32. The first-order chi connectivity index (χ1) is 16.7.